The van der Waals surface area contributed by atoms with Crippen molar-refractivity contribution in [2.45, 2.75) is 13.5 Å². The molecule has 0 aliphatic heterocycles. The number of benzene rings is 3. The van der Waals surface area contributed by atoms with Gasteiger partial charge in [0.25, 0.3) is 0 Å². The first-order chi connectivity index (χ1) is 12.6. The first-order valence-electron chi connectivity index (χ1n) is 8.52. The molecule has 4 aromatic rings. The lowest BCUT2D eigenvalue weighted by Crippen LogP contribution is -1.97. The first kappa shape index (κ1) is 16.1. The summed E-state index contributed by atoms with van der Waals surface area (Å²) in [4.78, 5) is 0. The molecule has 3 aromatic carbocycles. The van der Waals surface area contributed by atoms with E-state index in [0.717, 1.165) is 39.8 Å². The minimum absolute atomic E-state index is 0.219. The highest BCUT2D eigenvalue weighted by atomic mass is 16.3. The Morgan fingerprint density at radius 3 is 1.81 bits per heavy atom. The molecule has 1 aromatic heterocycles. The van der Waals surface area contributed by atoms with Crippen LogP contribution in [-0.4, -0.2) is 19.9 Å². The van der Waals surface area contributed by atoms with Gasteiger partial charge in [0, 0.05) is 23.6 Å². The van der Waals surface area contributed by atoms with Crippen molar-refractivity contribution in [1.82, 2.24) is 4.57 Å². The third kappa shape index (κ3) is 2.56. The quantitative estimate of drug-likeness (QED) is 0.483. The highest BCUT2D eigenvalue weighted by molar-refractivity contribution is 6.05. The molecule has 0 radical (unpaired) electrons. The Morgan fingerprint density at radius 2 is 1.23 bits per heavy atom. The predicted molar refractivity (Wildman–Crippen MR) is 103 cm³/mol. The summed E-state index contributed by atoms with van der Waals surface area (Å²) in [7, 11) is 0. The number of rotatable bonds is 3. The molecule has 0 fully saturated rings. The summed E-state index contributed by atoms with van der Waals surface area (Å²) in [6.07, 6.45) is 0. The van der Waals surface area contributed by atoms with Crippen LogP contribution in [0.5, 0.6) is 17.2 Å². The van der Waals surface area contributed by atoms with Crippen molar-refractivity contribution in [3.05, 3.63) is 66.7 Å². The molecule has 4 heteroatoms. The van der Waals surface area contributed by atoms with E-state index in [0.29, 0.717) is 0 Å². The van der Waals surface area contributed by atoms with E-state index in [1.165, 1.54) is 0 Å². The molecule has 130 valence electrons. The third-order valence-corrected chi connectivity index (χ3v) is 4.66. The van der Waals surface area contributed by atoms with Gasteiger partial charge in [0.1, 0.15) is 17.2 Å². The number of aryl methyl sites for hydroxylation is 1. The molecule has 4 nitrogen and oxygen atoms in total. The second-order valence-electron chi connectivity index (χ2n) is 6.26. The summed E-state index contributed by atoms with van der Waals surface area (Å²) < 4.78 is 2.16. The van der Waals surface area contributed by atoms with E-state index in [9.17, 15) is 15.3 Å². The SMILES string of the molecule is CCn1c(-c2ccc(O)cc2)c(-c2ccc(O)cc2)c2ccc(O)cc21. The summed E-state index contributed by atoms with van der Waals surface area (Å²) in [6, 6.07) is 19.6. The zero-order valence-electron chi connectivity index (χ0n) is 14.3. The van der Waals surface area contributed by atoms with Crippen molar-refractivity contribution in [3.8, 4) is 39.6 Å². The molecule has 26 heavy (non-hydrogen) atoms. The van der Waals surface area contributed by atoms with Gasteiger partial charge in [-0.25, -0.2) is 0 Å². The molecule has 0 atom stereocenters. The van der Waals surface area contributed by atoms with Gasteiger partial charge in [-0.3, -0.25) is 0 Å². The number of hydrogen-bond acceptors (Lipinski definition) is 3. The summed E-state index contributed by atoms with van der Waals surface area (Å²) in [5.74, 6) is 0.660. The van der Waals surface area contributed by atoms with Gasteiger partial charge in [0.2, 0.25) is 0 Å². The molecule has 0 aliphatic rings. The van der Waals surface area contributed by atoms with Gasteiger partial charge in [-0.1, -0.05) is 12.1 Å². The Hall–Kier alpha value is -3.40. The maximum Gasteiger partial charge on any atom is 0.117 e. The largest absolute Gasteiger partial charge is 0.508 e. The molecule has 0 unspecified atom stereocenters. The van der Waals surface area contributed by atoms with E-state index in [1.807, 2.05) is 30.3 Å². The van der Waals surface area contributed by atoms with Gasteiger partial charge in [-0.15, -0.1) is 0 Å². The van der Waals surface area contributed by atoms with Gasteiger partial charge < -0.3 is 19.9 Å². The minimum atomic E-state index is 0.219. The van der Waals surface area contributed by atoms with Gasteiger partial charge >= 0.3 is 0 Å². The number of phenolic OH excluding ortho intramolecular Hbond substituents is 3. The van der Waals surface area contributed by atoms with Crippen LogP contribution >= 0.6 is 0 Å². The van der Waals surface area contributed by atoms with Crippen molar-refractivity contribution in [2.75, 3.05) is 0 Å². The Bertz CT molecular complexity index is 1080. The van der Waals surface area contributed by atoms with E-state index in [1.54, 1.807) is 36.4 Å². The van der Waals surface area contributed by atoms with Crippen LogP contribution in [-0.2, 0) is 6.54 Å². The van der Waals surface area contributed by atoms with Crippen LogP contribution in [0.1, 0.15) is 6.92 Å². The van der Waals surface area contributed by atoms with E-state index in [4.69, 9.17) is 0 Å². The monoisotopic (exact) mass is 345 g/mol. The zero-order chi connectivity index (χ0) is 18.3. The maximum atomic E-state index is 9.98. The summed E-state index contributed by atoms with van der Waals surface area (Å²) >= 11 is 0. The number of phenols is 3. The Labute approximate surface area is 151 Å². The van der Waals surface area contributed by atoms with Crippen LogP contribution in [0, 0.1) is 0 Å². The third-order valence-electron chi connectivity index (χ3n) is 4.66. The van der Waals surface area contributed by atoms with Gasteiger partial charge in [0.15, 0.2) is 0 Å². The standard InChI is InChI=1S/C22H19NO3/c1-2-23-20-13-18(26)11-12-19(20)21(14-3-7-16(24)8-4-14)22(23)15-5-9-17(25)10-6-15/h3-13,24-26H,2H2,1H3. The Balaban J connectivity index is 2.11. The van der Waals surface area contributed by atoms with Gasteiger partial charge in [-0.2, -0.15) is 0 Å². The van der Waals surface area contributed by atoms with Crippen molar-refractivity contribution in [1.29, 1.82) is 0 Å². The molecule has 3 N–H and O–H groups in total. The molecule has 4 rings (SSSR count). The van der Waals surface area contributed by atoms with Crippen LogP contribution in [0.4, 0.5) is 0 Å². The lowest BCUT2D eigenvalue weighted by atomic mass is 9.98. The van der Waals surface area contributed by atoms with E-state index in [2.05, 4.69) is 11.5 Å². The molecule has 0 aliphatic carbocycles. The fourth-order valence-corrected chi connectivity index (χ4v) is 3.51. The lowest BCUT2D eigenvalue weighted by Gasteiger charge is -2.11. The van der Waals surface area contributed by atoms with Crippen LogP contribution in [0.2, 0.25) is 0 Å². The molecule has 0 saturated heterocycles. The summed E-state index contributed by atoms with van der Waals surface area (Å²) in [6.45, 7) is 2.79. The topological polar surface area (TPSA) is 65.6 Å². The highest BCUT2D eigenvalue weighted by Crippen LogP contribution is 2.42. The van der Waals surface area contributed by atoms with Gasteiger partial charge in [-0.05, 0) is 66.6 Å². The average Bonchev–Trinajstić information content (AvgIpc) is 2.96. The van der Waals surface area contributed by atoms with Crippen LogP contribution in [0.15, 0.2) is 66.7 Å². The second-order valence-corrected chi connectivity index (χ2v) is 6.26. The fourth-order valence-electron chi connectivity index (χ4n) is 3.51. The van der Waals surface area contributed by atoms with Crippen LogP contribution in [0.25, 0.3) is 33.3 Å². The first-order valence-corrected chi connectivity index (χ1v) is 8.52. The fraction of sp³-hybridized carbons (Fsp3) is 0.0909. The zero-order valence-corrected chi connectivity index (χ0v) is 14.3. The Kier molecular flexibility index (Phi) is 3.81. The molecular formula is C22H19NO3. The van der Waals surface area contributed by atoms with Crippen molar-refractivity contribution in [3.63, 3.8) is 0 Å². The Morgan fingerprint density at radius 1 is 0.692 bits per heavy atom. The number of aromatic hydroxyl groups is 3. The second kappa shape index (κ2) is 6.15. The van der Waals surface area contributed by atoms with Gasteiger partial charge in [0.05, 0.1) is 11.2 Å². The van der Waals surface area contributed by atoms with Crippen LogP contribution in [0.3, 0.4) is 0 Å². The van der Waals surface area contributed by atoms with Crippen LogP contribution < -0.4 is 0 Å². The van der Waals surface area contributed by atoms with Crippen molar-refractivity contribution in [2.24, 2.45) is 0 Å². The van der Waals surface area contributed by atoms with E-state index >= 15 is 0 Å². The molecule has 1 heterocycles. The normalized spacial score (nSPS) is 11.1. The average molecular weight is 345 g/mol. The predicted octanol–water partition coefficient (Wildman–Crippen LogP) is 5.11. The van der Waals surface area contributed by atoms with Crippen molar-refractivity contribution < 1.29 is 15.3 Å². The smallest absolute Gasteiger partial charge is 0.117 e. The van der Waals surface area contributed by atoms with E-state index < -0.39 is 0 Å². The van der Waals surface area contributed by atoms with E-state index in [-0.39, 0.29) is 17.2 Å². The number of fused-ring (bicyclic) bond motifs is 1. The number of aromatic nitrogens is 1. The molecule has 0 amide bonds. The summed E-state index contributed by atoms with van der Waals surface area (Å²) in [5.41, 5.74) is 4.95. The molecular weight excluding hydrogens is 326 g/mol. The summed E-state index contributed by atoms with van der Waals surface area (Å²) in [5, 5.41) is 30.3. The molecule has 0 spiro atoms. The molecule has 0 bridgehead atoms. The number of nitrogens with zero attached hydrogens (tertiary/aromatic N) is 1. The molecule has 0 saturated carbocycles. The van der Waals surface area contributed by atoms with Crippen molar-refractivity contribution >= 4 is 10.9 Å². The minimum Gasteiger partial charge on any atom is -0.508 e. The highest BCUT2D eigenvalue weighted by Gasteiger charge is 2.19. The number of hydrogen-bond donors (Lipinski definition) is 3. The maximum absolute atomic E-state index is 9.98. The lowest BCUT2D eigenvalue weighted by molar-refractivity contribution is 0.475.